The second-order valence-corrected chi connectivity index (χ2v) is 11.3. The zero-order chi connectivity index (χ0) is 19.4. The summed E-state index contributed by atoms with van der Waals surface area (Å²) in [4.78, 5) is 9.62. The molecule has 2 saturated heterocycles. The molecule has 26 heavy (non-hydrogen) atoms. The lowest BCUT2D eigenvalue weighted by molar-refractivity contribution is -0.107. The number of nitrogens with one attached hydrogen (secondary N) is 1. The Balaban J connectivity index is 1.86. The highest BCUT2D eigenvalue weighted by atomic mass is 15.3. The first-order chi connectivity index (χ1) is 11.8. The number of rotatable bonds is 2. The Morgan fingerprint density at radius 3 is 1.81 bits per heavy atom. The molecule has 0 saturated carbocycles. The second-order valence-electron chi connectivity index (χ2n) is 11.3. The third-order valence-electron chi connectivity index (χ3n) is 6.52. The lowest BCUT2D eigenvalue weighted by Gasteiger charge is -2.62. The number of aliphatic imine (C=N–C) groups is 1. The monoisotopic (exact) mass is 360 g/mol. The van der Waals surface area contributed by atoms with Crippen LogP contribution in [0.4, 0.5) is 0 Å². The third kappa shape index (κ3) is 4.01. The van der Waals surface area contributed by atoms with Gasteiger partial charge in [0.2, 0.25) is 0 Å². The third-order valence-corrected chi connectivity index (χ3v) is 6.52. The van der Waals surface area contributed by atoms with Crippen molar-refractivity contribution >= 4 is 6.21 Å². The van der Waals surface area contributed by atoms with Crippen molar-refractivity contribution in [3.8, 4) is 0 Å². The smallest absolute Gasteiger partial charge is 0.0530 e. The van der Waals surface area contributed by atoms with E-state index in [0.717, 1.165) is 6.54 Å². The van der Waals surface area contributed by atoms with Gasteiger partial charge in [-0.2, -0.15) is 0 Å². The molecule has 0 bridgehead atoms. The quantitative estimate of drug-likeness (QED) is 0.801. The Morgan fingerprint density at radius 2 is 1.35 bits per heavy atom. The highest BCUT2D eigenvalue weighted by molar-refractivity contribution is 5.61. The molecule has 148 valence electrons. The Kier molecular flexibility index (Phi) is 4.85. The first-order valence-corrected chi connectivity index (χ1v) is 10.3. The summed E-state index contributed by atoms with van der Waals surface area (Å²) >= 11 is 0. The summed E-state index contributed by atoms with van der Waals surface area (Å²) < 4.78 is 0. The first kappa shape index (κ1) is 19.9. The van der Waals surface area contributed by atoms with Gasteiger partial charge in [0, 0.05) is 52.9 Å². The summed E-state index contributed by atoms with van der Waals surface area (Å²) in [5, 5.41) is 3.86. The lowest BCUT2D eigenvalue weighted by Crippen LogP contribution is -2.71. The van der Waals surface area contributed by atoms with Crippen LogP contribution in [0.5, 0.6) is 0 Å². The van der Waals surface area contributed by atoms with Gasteiger partial charge >= 0.3 is 0 Å². The average Bonchev–Trinajstić information content (AvgIpc) is 2.42. The largest absolute Gasteiger partial charge is 0.368 e. The van der Waals surface area contributed by atoms with Gasteiger partial charge in [-0.25, -0.2) is 0 Å². The standard InChI is InChI=1S/C22H40N4/c1-19(2)13-18(14-20(3,4)24-19)26-21(5,6)15-17(16-22(26,7)8)25-11-9-23-10-12-25/h9-11,17-18,24H,12-16H2,1-8H3. The van der Waals surface area contributed by atoms with Crippen molar-refractivity contribution in [2.45, 2.75) is 115 Å². The number of hydrogen-bond donors (Lipinski definition) is 1. The predicted molar refractivity (Wildman–Crippen MR) is 112 cm³/mol. The molecule has 0 spiro atoms. The summed E-state index contributed by atoms with van der Waals surface area (Å²) in [6.45, 7) is 20.3. The molecule has 0 aliphatic carbocycles. The van der Waals surface area contributed by atoms with E-state index in [4.69, 9.17) is 0 Å². The zero-order valence-corrected chi connectivity index (χ0v) is 18.3. The van der Waals surface area contributed by atoms with Crippen molar-refractivity contribution in [2.75, 3.05) is 6.54 Å². The van der Waals surface area contributed by atoms with Gasteiger partial charge in [-0.05, 0) is 81.1 Å². The zero-order valence-electron chi connectivity index (χ0n) is 18.3. The van der Waals surface area contributed by atoms with Gasteiger partial charge in [0.25, 0.3) is 0 Å². The van der Waals surface area contributed by atoms with E-state index in [-0.39, 0.29) is 22.2 Å². The van der Waals surface area contributed by atoms with Crippen LogP contribution in [0, 0.1) is 0 Å². The number of piperidine rings is 2. The lowest BCUT2D eigenvalue weighted by atomic mass is 9.71. The first-order valence-electron chi connectivity index (χ1n) is 10.3. The van der Waals surface area contributed by atoms with Crippen LogP contribution in [0.15, 0.2) is 17.4 Å². The number of nitrogens with zero attached hydrogens (tertiary/aromatic N) is 3. The topological polar surface area (TPSA) is 30.9 Å². The van der Waals surface area contributed by atoms with E-state index < -0.39 is 0 Å². The molecule has 4 nitrogen and oxygen atoms in total. The number of likely N-dealkylation sites (tertiary alicyclic amines) is 1. The summed E-state index contributed by atoms with van der Waals surface area (Å²) in [5.74, 6) is 0. The maximum Gasteiger partial charge on any atom is 0.0530 e. The molecule has 0 aromatic rings. The molecule has 0 unspecified atom stereocenters. The molecular weight excluding hydrogens is 320 g/mol. The van der Waals surface area contributed by atoms with E-state index in [1.807, 2.05) is 12.4 Å². The molecule has 3 aliphatic rings. The van der Waals surface area contributed by atoms with Crippen LogP contribution in [0.2, 0.25) is 0 Å². The minimum absolute atomic E-state index is 0.182. The maximum absolute atomic E-state index is 4.25. The fraction of sp³-hybridized carbons (Fsp3) is 0.864. The minimum Gasteiger partial charge on any atom is -0.368 e. The van der Waals surface area contributed by atoms with Gasteiger partial charge < -0.3 is 10.2 Å². The molecule has 0 radical (unpaired) electrons. The molecule has 0 aromatic heterocycles. The van der Waals surface area contributed by atoms with E-state index in [0.29, 0.717) is 12.1 Å². The highest BCUT2D eigenvalue weighted by Gasteiger charge is 2.52. The van der Waals surface area contributed by atoms with Crippen LogP contribution in [-0.2, 0) is 0 Å². The Hall–Kier alpha value is -0.870. The molecular formula is C22H40N4. The summed E-state index contributed by atoms with van der Waals surface area (Å²) in [5.41, 5.74) is 0.731. The van der Waals surface area contributed by atoms with Crippen molar-refractivity contribution in [1.82, 2.24) is 15.1 Å². The molecule has 3 heterocycles. The van der Waals surface area contributed by atoms with E-state index in [9.17, 15) is 0 Å². The summed E-state index contributed by atoms with van der Waals surface area (Å²) in [6, 6.07) is 1.20. The van der Waals surface area contributed by atoms with Gasteiger partial charge in [0.05, 0.1) is 6.54 Å². The summed E-state index contributed by atoms with van der Waals surface area (Å²) in [6.07, 6.45) is 11.0. The molecule has 0 amide bonds. The molecule has 0 aromatic carbocycles. The van der Waals surface area contributed by atoms with Crippen LogP contribution in [-0.4, -0.2) is 56.8 Å². The fourth-order valence-electron chi connectivity index (χ4n) is 6.57. The predicted octanol–water partition coefficient (Wildman–Crippen LogP) is 4.17. The van der Waals surface area contributed by atoms with Gasteiger partial charge in [-0.15, -0.1) is 0 Å². The summed E-state index contributed by atoms with van der Waals surface area (Å²) in [7, 11) is 0. The van der Waals surface area contributed by atoms with Crippen molar-refractivity contribution in [3.63, 3.8) is 0 Å². The van der Waals surface area contributed by atoms with E-state index >= 15 is 0 Å². The number of hydrogen-bond acceptors (Lipinski definition) is 4. The average molecular weight is 361 g/mol. The molecule has 3 rings (SSSR count). The highest BCUT2D eigenvalue weighted by Crippen LogP contribution is 2.46. The normalized spacial score (nSPS) is 31.3. The Labute approximate surface area is 161 Å². The second kappa shape index (κ2) is 6.34. The molecule has 3 aliphatic heterocycles. The van der Waals surface area contributed by atoms with Crippen molar-refractivity contribution in [3.05, 3.63) is 12.4 Å². The van der Waals surface area contributed by atoms with Crippen LogP contribution in [0.1, 0.15) is 81.1 Å². The SMILES string of the molecule is CC1(C)CC(N2C(C)(C)CC(N3C=CN=CC3)CC2(C)C)CC(C)(C)N1. The van der Waals surface area contributed by atoms with E-state index in [1.54, 1.807) is 0 Å². The molecule has 4 heteroatoms. The van der Waals surface area contributed by atoms with E-state index in [1.165, 1.54) is 25.7 Å². The molecule has 2 fully saturated rings. The van der Waals surface area contributed by atoms with Gasteiger partial charge in [-0.1, -0.05) is 0 Å². The maximum atomic E-state index is 4.25. The van der Waals surface area contributed by atoms with Crippen LogP contribution in [0.3, 0.4) is 0 Å². The van der Waals surface area contributed by atoms with Crippen LogP contribution in [0.25, 0.3) is 0 Å². The van der Waals surface area contributed by atoms with Gasteiger partial charge in [-0.3, -0.25) is 9.89 Å². The van der Waals surface area contributed by atoms with Crippen molar-refractivity contribution < 1.29 is 0 Å². The van der Waals surface area contributed by atoms with Crippen LogP contribution >= 0.6 is 0 Å². The van der Waals surface area contributed by atoms with Crippen LogP contribution < -0.4 is 5.32 Å². The molecule has 1 N–H and O–H groups in total. The van der Waals surface area contributed by atoms with Crippen molar-refractivity contribution in [1.29, 1.82) is 0 Å². The van der Waals surface area contributed by atoms with Gasteiger partial charge in [0.15, 0.2) is 0 Å². The Bertz CT molecular complexity index is 551. The Morgan fingerprint density at radius 1 is 0.808 bits per heavy atom. The van der Waals surface area contributed by atoms with E-state index in [2.05, 4.69) is 81.7 Å². The van der Waals surface area contributed by atoms with Crippen molar-refractivity contribution in [2.24, 2.45) is 4.99 Å². The van der Waals surface area contributed by atoms with Gasteiger partial charge in [0.1, 0.15) is 0 Å². The minimum atomic E-state index is 0.182. The molecule has 0 atom stereocenters. The fourth-order valence-corrected chi connectivity index (χ4v) is 6.57.